The highest BCUT2D eigenvalue weighted by atomic mass is 35.5. The zero-order valence-electron chi connectivity index (χ0n) is 18.1. The van der Waals surface area contributed by atoms with Crippen LogP contribution in [0.4, 0.5) is 4.39 Å². The topological polar surface area (TPSA) is 87.6 Å². The van der Waals surface area contributed by atoms with Crippen molar-refractivity contribution in [2.75, 3.05) is 13.2 Å². The average molecular weight is 461 g/mol. The van der Waals surface area contributed by atoms with Crippen molar-refractivity contribution in [1.82, 2.24) is 5.16 Å². The van der Waals surface area contributed by atoms with Crippen molar-refractivity contribution in [3.8, 4) is 33.9 Å². The molecule has 0 bridgehead atoms. The molecule has 170 valence electrons. The molecule has 6 nitrogen and oxygen atoms in total. The molecule has 0 aliphatic heterocycles. The van der Waals surface area contributed by atoms with Crippen molar-refractivity contribution < 1.29 is 23.2 Å². The Balaban J connectivity index is 2.13. The van der Waals surface area contributed by atoms with Gasteiger partial charge in [-0.2, -0.15) is 0 Å². The molecule has 0 saturated heterocycles. The van der Waals surface area contributed by atoms with E-state index in [1.807, 2.05) is 0 Å². The van der Waals surface area contributed by atoms with E-state index in [0.717, 1.165) is 25.7 Å². The van der Waals surface area contributed by atoms with Crippen LogP contribution in [0.5, 0.6) is 11.5 Å². The predicted molar refractivity (Wildman–Crippen MR) is 122 cm³/mol. The zero-order chi connectivity index (χ0) is 23.1. The molecule has 2 aromatic carbocycles. The highest BCUT2D eigenvalue weighted by Gasteiger charge is 2.26. The fourth-order valence-corrected chi connectivity index (χ4v) is 3.34. The Morgan fingerprint density at radius 3 is 2.28 bits per heavy atom. The maximum atomic E-state index is 13.5. The van der Waals surface area contributed by atoms with Crippen molar-refractivity contribution in [2.45, 2.75) is 39.5 Å². The minimum Gasteiger partial charge on any atom is -0.493 e. The number of nitrogens with zero attached hydrogens (tertiary/aromatic N) is 1. The molecule has 32 heavy (non-hydrogen) atoms. The first kappa shape index (κ1) is 23.6. The summed E-state index contributed by atoms with van der Waals surface area (Å²) in [5.41, 5.74) is 6.81. The minimum atomic E-state index is -0.765. The lowest BCUT2D eigenvalue weighted by Crippen LogP contribution is -2.12. The van der Waals surface area contributed by atoms with Crippen LogP contribution in [0.2, 0.25) is 5.02 Å². The van der Waals surface area contributed by atoms with Crippen molar-refractivity contribution in [2.24, 2.45) is 5.73 Å². The number of hydrogen-bond acceptors (Lipinski definition) is 5. The van der Waals surface area contributed by atoms with E-state index in [4.69, 9.17) is 31.3 Å². The van der Waals surface area contributed by atoms with E-state index in [1.165, 1.54) is 24.3 Å². The van der Waals surface area contributed by atoms with E-state index in [9.17, 15) is 9.18 Å². The molecule has 0 radical (unpaired) electrons. The molecular weight excluding hydrogens is 435 g/mol. The maximum absolute atomic E-state index is 13.5. The third kappa shape index (κ3) is 5.40. The lowest BCUT2D eigenvalue weighted by molar-refractivity contribution is 0.0992. The largest absolute Gasteiger partial charge is 0.493 e. The van der Waals surface area contributed by atoms with Gasteiger partial charge in [0.2, 0.25) is 0 Å². The molecular formula is C24H26ClFN2O4. The molecule has 3 aromatic rings. The molecule has 1 amide bonds. The second kappa shape index (κ2) is 11.0. The lowest BCUT2D eigenvalue weighted by Gasteiger charge is -2.15. The summed E-state index contributed by atoms with van der Waals surface area (Å²) in [5, 5.41) is 4.23. The molecule has 1 heterocycles. The summed E-state index contributed by atoms with van der Waals surface area (Å²) >= 11 is 6.50. The number of hydrogen-bond donors (Lipinski definition) is 1. The van der Waals surface area contributed by atoms with Gasteiger partial charge < -0.3 is 19.7 Å². The second-order valence-electron chi connectivity index (χ2n) is 7.29. The Morgan fingerprint density at radius 2 is 1.69 bits per heavy atom. The second-order valence-corrected chi connectivity index (χ2v) is 7.70. The monoisotopic (exact) mass is 460 g/mol. The quantitative estimate of drug-likeness (QED) is 0.341. The van der Waals surface area contributed by atoms with Gasteiger partial charge in [0.25, 0.3) is 5.91 Å². The van der Waals surface area contributed by atoms with Crippen LogP contribution in [0.25, 0.3) is 22.5 Å². The smallest absolute Gasteiger partial charge is 0.271 e. The third-order valence-electron chi connectivity index (χ3n) is 4.85. The zero-order valence-corrected chi connectivity index (χ0v) is 18.9. The van der Waals surface area contributed by atoms with Crippen LogP contribution in [-0.2, 0) is 0 Å². The lowest BCUT2D eigenvalue weighted by atomic mass is 9.98. The molecule has 0 aliphatic rings. The number of carbonyl (C=O) groups excluding carboxylic acids is 1. The van der Waals surface area contributed by atoms with Gasteiger partial charge in [0.1, 0.15) is 17.3 Å². The van der Waals surface area contributed by atoms with Gasteiger partial charge in [0.15, 0.2) is 11.5 Å². The van der Waals surface area contributed by atoms with Gasteiger partial charge in [-0.1, -0.05) is 55.6 Å². The number of nitrogens with two attached hydrogens (primary N) is 1. The summed E-state index contributed by atoms with van der Waals surface area (Å²) < 4.78 is 30.9. The Kier molecular flexibility index (Phi) is 8.11. The first-order chi connectivity index (χ1) is 15.5. The maximum Gasteiger partial charge on any atom is 0.271 e. The Labute approximate surface area is 191 Å². The van der Waals surface area contributed by atoms with Gasteiger partial charge in [-0.25, -0.2) is 4.39 Å². The molecule has 0 spiro atoms. The van der Waals surface area contributed by atoms with E-state index in [0.29, 0.717) is 46.4 Å². The fraction of sp³-hybridized carbons (Fsp3) is 0.333. The molecule has 0 aliphatic carbocycles. The molecule has 0 saturated carbocycles. The standard InChI is InChI=1S/C24H26ClFN2O4/c1-3-5-11-30-19-14-20(31-12-6-4-2)18(25)13-17(19)23-21(22(24(27)29)28-32-23)15-7-9-16(26)10-8-15/h7-10,13-14H,3-6,11-12H2,1-2H3,(H2,27,29). The van der Waals surface area contributed by atoms with Crippen LogP contribution in [0, 0.1) is 5.82 Å². The highest BCUT2D eigenvalue weighted by Crippen LogP contribution is 2.43. The molecule has 2 N–H and O–H groups in total. The van der Waals surface area contributed by atoms with Crippen LogP contribution in [0.1, 0.15) is 50.0 Å². The Morgan fingerprint density at radius 1 is 1.06 bits per heavy atom. The van der Waals surface area contributed by atoms with Crippen molar-refractivity contribution >= 4 is 17.5 Å². The van der Waals surface area contributed by atoms with E-state index >= 15 is 0 Å². The Bertz CT molecular complexity index is 1070. The van der Waals surface area contributed by atoms with Crippen LogP contribution in [0.15, 0.2) is 40.9 Å². The fourth-order valence-electron chi connectivity index (χ4n) is 3.12. The number of benzene rings is 2. The number of ether oxygens (including phenoxy) is 2. The number of halogens is 2. The van der Waals surface area contributed by atoms with Crippen LogP contribution < -0.4 is 15.2 Å². The van der Waals surface area contributed by atoms with Crippen molar-refractivity contribution in [3.05, 3.63) is 52.9 Å². The number of primary amides is 1. The van der Waals surface area contributed by atoms with Crippen molar-refractivity contribution in [3.63, 3.8) is 0 Å². The number of amides is 1. The van der Waals surface area contributed by atoms with Crippen molar-refractivity contribution in [1.29, 1.82) is 0 Å². The van der Waals surface area contributed by atoms with Gasteiger partial charge in [-0.05, 0) is 36.6 Å². The van der Waals surface area contributed by atoms with Gasteiger partial charge >= 0.3 is 0 Å². The summed E-state index contributed by atoms with van der Waals surface area (Å²) in [6.45, 7) is 5.14. The van der Waals surface area contributed by atoms with Gasteiger partial charge in [-0.3, -0.25) is 4.79 Å². The molecule has 1 aromatic heterocycles. The van der Waals surface area contributed by atoms with Crippen LogP contribution in [-0.4, -0.2) is 24.3 Å². The number of carbonyl (C=O) groups is 1. The number of unbranched alkanes of at least 4 members (excludes halogenated alkanes) is 2. The molecule has 0 unspecified atom stereocenters. The first-order valence-corrected chi connectivity index (χ1v) is 11.0. The molecule has 8 heteroatoms. The molecule has 3 rings (SSSR count). The van der Waals surface area contributed by atoms with E-state index in [2.05, 4.69) is 19.0 Å². The van der Waals surface area contributed by atoms with Crippen LogP contribution >= 0.6 is 11.6 Å². The third-order valence-corrected chi connectivity index (χ3v) is 5.14. The first-order valence-electron chi connectivity index (χ1n) is 10.6. The van der Waals surface area contributed by atoms with Crippen LogP contribution in [0.3, 0.4) is 0 Å². The van der Waals surface area contributed by atoms with Gasteiger partial charge in [0.05, 0.1) is 29.4 Å². The summed E-state index contributed by atoms with van der Waals surface area (Å²) in [4.78, 5) is 12.0. The summed E-state index contributed by atoms with van der Waals surface area (Å²) in [7, 11) is 0. The molecule has 0 fully saturated rings. The number of rotatable bonds is 11. The minimum absolute atomic E-state index is 0.0643. The predicted octanol–water partition coefficient (Wildman–Crippen LogP) is 6.26. The SMILES string of the molecule is CCCCOc1cc(OCCCC)c(-c2onc(C(N)=O)c2-c2ccc(F)cc2)cc1Cl. The summed E-state index contributed by atoms with van der Waals surface area (Å²) in [5.74, 6) is 0.0446. The summed E-state index contributed by atoms with van der Waals surface area (Å²) in [6, 6.07) is 8.99. The average Bonchev–Trinajstić information content (AvgIpc) is 3.21. The summed E-state index contributed by atoms with van der Waals surface area (Å²) in [6.07, 6.45) is 3.69. The van der Waals surface area contributed by atoms with E-state index in [1.54, 1.807) is 12.1 Å². The van der Waals surface area contributed by atoms with Gasteiger partial charge in [-0.15, -0.1) is 0 Å². The van der Waals surface area contributed by atoms with E-state index in [-0.39, 0.29) is 11.5 Å². The number of aromatic nitrogens is 1. The van der Waals surface area contributed by atoms with E-state index < -0.39 is 11.7 Å². The Hall–Kier alpha value is -3.06. The van der Waals surface area contributed by atoms with Gasteiger partial charge in [0, 0.05) is 6.07 Å². The molecule has 0 atom stereocenters. The normalized spacial score (nSPS) is 10.9. The highest BCUT2D eigenvalue weighted by molar-refractivity contribution is 6.32.